The molecule has 3 saturated carbocycles. The average Bonchev–Trinajstić information content (AvgIpc) is 3.36. The second kappa shape index (κ2) is 9.19. The molecule has 6 rings (SSSR count). The number of rotatable bonds is 6. The Bertz CT molecular complexity index is 1150. The number of benzene rings is 1. The number of ether oxygens (including phenoxy) is 3. The molecule has 0 spiro atoms. The molecule has 1 aromatic carbocycles. The number of aliphatic hydroxyl groups is 2. The van der Waals surface area contributed by atoms with E-state index in [-0.39, 0.29) is 41.7 Å². The Morgan fingerprint density at radius 1 is 1.21 bits per heavy atom. The lowest BCUT2D eigenvalue weighted by Gasteiger charge is -2.60. The molecule has 1 heterocycles. The molecule has 38 heavy (non-hydrogen) atoms. The Hall–Kier alpha value is -2.19. The van der Waals surface area contributed by atoms with Gasteiger partial charge in [0.1, 0.15) is 12.4 Å². The fraction of sp³-hybridized carbons (Fsp3) is 0.645. The van der Waals surface area contributed by atoms with E-state index in [1.54, 1.807) is 24.3 Å². The molecular formula is C31H41NO6. The van der Waals surface area contributed by atoms with Crippen LogP contribution in [0.3, 0.4) is 0 Å². The van der Waals surface area contributed by atoms with Crippen LogP contribution in [0.25, 0.3) is 0 Å². The molecule has 7 nitrogen and oxygen atoms in total. The highest BCUT2D eigenvalue weighted by Crippen LogP contribution is 2.69. The zero-order valence-electron chi connectivity index (χ0n) is 22.6. The van der Waals surface area contributed by atoms with Crippen molar-refractivity contribution in [3.8, 4) is 5.75 Å². The Balaban J connectivity index is 1.34. The van der Waals surface area contributed by atoms with Crippen molar-refractivity contribution < 1.29 is 29.2 Å². The molecule has 4 N–H and O–H groups in total. The number of anilines is 1. The lowest BCUT2D eigenvalue weighted by atomic mass is 9.46. The second-order valence-corrected chi connectivity index (χ2v) is 12.6. The van der Waals surface area contributed by atoms with Gasteiger partial charge in [-0.2, -0.15) is 0 Å². The van der Waals surface area contributed by atoms with Crippen molar-refractivity contribution >= 4 is 11.5 Å². The van der Waals surface area contributed by atoms with E-state index < -0.39 is 29.5 Å². The van der Waals surface area contributed by atoms with Crippen LogP contribution in [-0.4, -0.2) is 52.8 Å². The third-order valence-corrected chi connectivity index (χ3v) is 10.6. The molecular weight excluding hydrogens is 482 g/mol. The largest absolute Gasteiger partial charge is 0.486 e. The Morgan fingerprint density at radius 3 is 2.71 bits per heavy atom. The van der Waals surface area contributed by atoms with E-state index in [1.807, 2.05) is 12.2 Å². The number of fused-ring (bicyclic) bond motifs is 7. The fourth-order valence-electron chi connectivity index (χ4n) is 8.95. The summed E-state index contributed by atoms with van der Waals surface area (Å²) in [6, 6.07) is 7.03. The zero-order chi connectivity index (χ0) is 26.9. The summed E-state index contributed by atoms with van der Waals surface area (Å²) < 4.78 is 19.1. The van der Waals surface area contributed by atoms with Gasteiger partial charge in [-0.25, -0.2) is 0 Å². The smallest absolute Gasteiger partial charge is 0.205 e. The van der Waals surface area contributed by atoms with Crippen LogP contribution in [0.2, 0.25) is 0 Å². The maximum atomic E-state index is 14.2. The summed E-state index contributed by atoms with van der Waals surface area (Å²) in [6.45, 7) is 6.30. The van der Waals surface area contributed by atoms with Crippen LogP contribution in [0.4, 0.5) is 5.69 Å². The Morgan fingerprint density at radius 2 is 1.97 bits per heavy atom. The SMILES string of the molecule is CCCC1O[C@@H]2C[C@H]3[C@@H]4CCC5=CC(O)C=C[C@]5(C)[C@H]4[C@@H](O)C[C@]3(C)[C@]2(C(=O)COc2ccc(N)cc2)O1. The van der Waals surface area contributed by atoms with Gasteiger partial charge in [-0.15, -0.1) is 0 Å². The maximum absolute atomic E-state index is 14.2. The molecule has 1 saturated heterocycles. The molecule has 1 aliphatic heterocycles. The van der Waals surface area contributed by atoms with E-state index in [0.717, 1.165) is 32.1 Å². The third-order valence-electron chi connectivity index (χ3n) is 10.6. The lowest BCUT2D eigenvalue weighted by molar-refractivity contribution is -0.200. The summed E-state index contributed by atoms with van der Waals surface area (Å²) in [5.74, 6) is 0.877. The third kappa shape index (κ3) is 3.65. The minimum atomic E-state index is -1.16. The highest BCUT2D eigenvalue weighted by molar-refractivity contribution is 5.91. The number of allylic oxidation sites excluding steroid dienone is 2. The summed E-state index contributed by atoms with van der Waals surface area (Å²) in [7, 11) is 0. The summed E-state index contributed by atoms with van der Waals surface area (Å²) >= 11 is 0. The molecule has 0 amide bonds. The van der Waals surface area contributed by atoms with Crippen molar-refractivity contribution in [2.45, 2.75) is 89.5 Å². The van der Waals surface area contributed by atoms with E-state index >= 15 is 0 Å². The van der Waals surface area contributed by atoms with Gasteiger partial charge in [-0.1, -0.05) is 51.0 Å². The van der Waals surface area contributed by atoms with Crippen molar-refractivity contribution in [2.24, 2.45) is 28.6 Å². The number of hydrogen-bond donors (Lipinski definition) is 3. The lowest BCUT2D eigenvalue weighted by Crippen LogP contribution is -2.63. The van der Waals surface area contributed by atoms with E-state index in [0.29, 0.717) is 17.9 Å². The number of nitrogen functional groups attached to an aromatic ring is 1. The van der Waals surface area contributed by atoms with E-state index in [9.17, 15) is 15.0 Å². The van der Waals surface area contributed by atoms with Gasteiger partial charge in [-0.05, 0) is 68.2 Å². The molecule has 7 heteroatoms. The first-order valence-corrected chi connectivity index (χ1v) is 14.2. The van der Waals surface area contributed by atoms with Gasteiger partial charge in [0.25, 0.3) is 0 Å². The monoisotopic (exact) mass is 523 g/mol. The first kappa shape index (κ1) is 26.1. The molecule has 0 radical (unpaired) electrons. The molecule has 10 atom stereocenters. The summed E-state index contributed by atoms with van der Waals surface area (Å²) in [4.78, 5) is 14.2. The van der Waals surface area contributed by atoms with Gasteiger partial charge in [-0.3, -0.25) is 4.79 Å². The first-order chi connectivity index (χ1) is 18.1. The standard InChI is InChI=1S/C31H41NO6/c1-4-5-27-37-26-15-23-22-11-6-18-14-20(33)12-13-29(18,2)28(22)24(34)16-30(23,3)31(26,38-27)25(35)17-36-21-9-7-19(32)8-10-21/h7-10,12-14,20,22-24,26-28,33-34H,4-6,11,15-17,32H2,1-3H3/t20?,22-,23-,24-,26+,27?,28+,29-,30-,31+/m0/s1. The number of nitrogens with two attached hydrogens (primary N) is 1. The van der Waals surface area contributed by atoms with Crippen LogP contribution in [0.15, 0.2) is 48.1 Å². The van der Waals surface area contributed by atoms with Crippen LogP contribution < -0.4 is 10.5 Å². The van der Waals surface area contributed by atoms with Crippen molar-refractivity contribution in [2.75, 3.05) is 12.3 Å². The van der Waals surface area contributed by atoms with E-state index in [2.05, 4.69) is 26.8 Å². The summed E-state index contributed by atoms with van der Waals surface area (Å²) in [6.07, 6.45) is 8.55. The summed E-state index contributed by atoms with van der Waals surface area (Å²) in [5.41, 5.74) is 5.61. The molecule has 1 aromatic rings. The normalized spacial score (nSPS) is 45.0. The number of carbonyl (C=O) groups is 1. The van der Waals surface area contributed by atoms with E-state index in [1.165, 1.54) is 5.57 Å². The maximum Gasteiger partial charge on any atom is 0.205 e. The second-order valence-electron chi connectivity index (χ2n) is 12.6. The highest BCUT2D eigenvalue weighted by Gasteiger charge is 2.75. The van der Waals surface area contributed by atoms with Crippen molar-refractivity contribution in [3.05, 3.63) is 48.1 Å². The van der Waals surface area contributed by atoms with Crippen molar-refractivity contribution in [1.29, 1.82) is 0 Å². The molecule has 4 fully saturated rings. The van der Waals surface area contributed by atoms with E-state index in [4.69, 9.17) is 19.9 Å². The van der Waals surface area contributed by atoms with Crippen LogP contribution in [-0.2, 0) is 14.3 Å². The highest BCUT2D eigenvalue weighted by atomic mass is 16.7. The molecule has 0 aromatic heterocycles. The number of carbonyl (C=O) groups excluding carboxylic acids is 1. The zero-order valence-corrected chi connectivity index (χ0v) is 22.6. The van der Waals surface area contributed by atoms with Crippen LogP contribution in [0, 0.1) is 28.6 Å². The van der Waals surface area contributed by atoms with Gasteiger partial charge in [0, 0.05) is 22.4 Å². The predicted molar refractivity (Wildman–Crippen MR) is 143 cm³/mol. The van der Waals surface area contributed by atoms with Gasteiger partial charge < -0.3 is 30.2 Å². The van der Waals surface area contributed by atoms with Gasteiger partial charge >= 0.3 is 0 Å². The minimum Gasteiger partial charge on any atom is -0.486 e. The average molecular weight is 524 g/mol. The number of hydrogen-bond acceptors (Lipinski definition) is 7. The number of aliphatic hydroxyl groups excluding tert-OH is 2. The first-order valence-electron chi connectivity index (χ1n) is 14.2. The number of Topliss-reactive ketones (excluding diaryl/α,β-unsaturated/α-hetero) is 1. The Labute approximate surface area is 225 Å². The predicted octanol–water partition coefficient (Wildman–Crippen LogP) is 4.18. The molecule has 206 valence electrons. The van der Waals surface area contributed by atoms with Gasteiger partial charge in [0.2, 0.25) is 5.78 Å². The molecule has 0 bridgehead atoms. The van der Waals surface area contributed by atoms with Gasteiger partial charge in [0.15, 0.2) is 11.9 Å². The fourth-order valence-corrected chi connectivity index (χ4v) is 8.95. The quantitative estimate of drug-likeness (QED) is 0.379. The topological polar surface area (TPSA) is 111 Å². The molecule has 2 unspecified atom stereocenters. The van der Waals surface area contributed by atoms with Crippen LogP contribution >= 0.6 is 0 Å². The Kier molecular flexibility index (Phi) is 6.30. The molecule has 5 aliphatic rings. The van der Waals surface area contributed by atoms with Crippen LogP contribution in [0.1, 0.15) is 59.3 Å². The van der Waals surface area contributed by atoms with Crippen LogP contribution in [0.5, 0.6) is 5.75 Å². The summed E-state index contributed by atoms with van der Waals surface area (Å²) in [5, 5.41) is 22.1. The minimum absolute atomic E-state index is 0.0211. The molecule has 4 aliphatic carbocycles. The number of ketones is 1. The van der Waals surface area contributed by atoms with Crippen molar-refractivity contribution in [1.82, 2.24) is 0 Å². The van der Waals surface area contributed by atoms with Crippen molar-refractivity contribution in [3.63, 3.8) is 0 Å². The van der Waals surface area contributed by atoms with Gasteiger partial charge in [0.05, 0.1) is 18.3 Å².